The number of amides is 2. The van der Waals surface area contributed by atoms with Crippen LogP contribution >= 0.6 is 15.9 Å². The van der Waals surface area contributed by atoms with Crippen LogP contribution in [0.2, 0.25) is 0 Å². The van der Waals surface area contributed by atoms with Crippen LogP contribution in [-0.2, 0) is 4.79 Å². The Morgan fingerprint density at radius 3 is 2.30 bits per heavy atom. The molecule has 0 spiro atoms. The summed E-state index contributed by atoms with van der Waals surface area (Å²) >= 11 is 3.30. The maximum atomic E-state index is 11.8. The normalized spacial score (nSPS) is 12.1. The number of hydrogen-bond donors (Lipinski definition) is 3. The van der Waals surface area contributed by atoms with E-state index in [9.17, 15) is 9.59 Å². The number of quaternary nitrogens is 1. The molecule has 0 aliphatic rings. The SMILES string of the molecule is CC(C)[C@@H](C)[NH2+]CC(=O)NNC(=O)c1ccc(Br)cc1. The van der Waals surface area contributed by atoms with Gasteiger partial charge in [0.05, 0.1) is 6.04 Å². The molecule has 1 rings (SSSR count). The van der Waals surface area contributed by atoms with Crippen molar-refractivity contribution in [3.63, 3.8) is 0 Å². The Balaban J connectivity index is 2.34. The predicted molar refractivity (Wildman–Crippen MR) is 80.8 cm³/mol. The lowest BCUT2D eigenvalue weighted by Crippen LogP contribution is -2.92. The van der Waals surface area contributed by atoms with E-state index in [-0.39, 0.29) is 11.8 Å². The van der Waals surface area contributed by atoms with Gasteiger partial charge in [-0.3, -0.25) is 20.4 Å². The highest BCUT2D eigenvalue weighted by Crippen LogP contribution is 2.09. The smallest absolute Gasteiger partial charge is 0.293 e. The molecule has 0 aromatic heterocycles. The Bertz CT molecular complexity index is 460. The largest absolute Gasteiger partial charge is 0.336 e. The number of carbonyl (C=O) groups is 2. The minimum absolute atomic E-state index is 0.219. The van der Waals surface area contributed by atoms with Gasteiger partial charge in [0.2, 0.25) is 0 Å². The minimum atomic E-state index is -0.331. The molecular weight excluding hydrogens is 322 g/mol. The van der Waals surface area contributed by atoms with E-state index in [1.165, 1.54) is 0 Å². The third-order valence-corrected chi connectivity index (χ3v) is 3.68. The first-order valence-corrected chi connectivity index (χ1v) is 7.37. The monoisotopic (exact) mass is 342 g/mol. The van der Waals surface area contributed by atoms with Gasteiger partial charge in [-0.15, -0.1) is 0 Å². The number of benzene rings is 1. The van der Waals surface area contributed by atoms with E-state index in [0.29, 0.717) is 24.1 Å². The van der Waals surface area contributed by atoms with Crippen molar-refractivity contribution in [3.05, 3.63) is 34.3 Å². The zero-order chi connectivity index (χ0) is 15.1. The first-order valence-electron chi connectivity index (χ1n) is 6.58. The molecule has 0 aliphatic heterocycles. The molecule has 0 heterocycles. The molecule has 0 radical (unpaired) electrons. The standard InChI is InChI=1S/C14H20BrN3O2/c1-9(2)10(3)16-8-13(19)17-18-14(20)11-4-6-12(15)7-5-11/h4-7,9-10,16H,8H2,1-3H3,(H,17,19)(H,18,20)/p+1/t10-/m1/s1. The highest BCUT2D eigenvalue weighted by atomic mass is 79.9. The highest BCUT2D eigenvalue weighted by Gasteiger charge is 2.13. The average Bonchev–Trinajstić information content (AvgIpc) is 2.42. The molecule has 1 aromatic rings. The van der Waals surface area contributed by atoms with Crippen LogP contribution in [0.3, 0.4) is 0 Å². The third kappa shape index (κ3) is 5.71. The van der Waals surface area contributed by atoms with Gasteiger partial charge in [-0.25, -0.2) is 0 Å². The number of carbonyl (C=O) groups excluding carboxylic acids is 2. The first kappa shape index (κ1) is 16.7. The van der Waals surface area contributed by atoms with Crippen molar-refractivity contribution >= 4 is 27.7 Å². The second-order valence-corrected chi connectivity index (χ2v) is 5.97. The van der Waals surface area contributed by atoms with Crippen molar-refractivity contribution in [3.8, 4) is 0 Å². The summed E-state index contributed by atoms with van der Waals surface area (Å²) in [6.07, 6.45) is 0. The molecule has 1 atom stereocenters. The number of hydrogen-bond acceptors (Lipinski definition) is 2. The van der Waals surface area contributed by atoms with Gasteiger partial charge in [0, 0.05) is 16.0 Å². The van der Waals surface area contributed by atoms with Gasteiger partial charge in [0.15, 0.2) is 6.54 Å². The predicted octanol–water partition coefficient (Wildman–Crippen LogP) is 0.818. The summed E-state index contributed by atoms with van der Waals surface area (Å²) in [5.41, 5.74) is 5.30. The zero-order valence-corrected chi connectivity index (χ0v) is 13.5. The number of nitrogens with one attached hydrogen (secondary N) is 2. The van der Waals surface area contributed by atoms with Crippen LogP contribution in [0, 0.1) is 5.92 Å². The lowest BCUT2D eigenvalue weighted by Gasteiger charge is -2.14. The summed E-state index contributed by atoms with van der Waals surface area (Å²) < 4.78 is 0.898. The first-order chi connectivity index (χ1) is 9.40. The fraction of sp³-hybridized carbons (Fsp3) is 0.429. The molecule has 20 heavy (non-hydrogen) atoms. The number of hydrazine groups is 1. The summed E-state index contributed by atoms with van der Waals surface area (Å²) in [7, 11) is 0. The second kappa shape index (κ2) is 8.01. The summed E-state index contributed by atoms with van der Waals surface area (Å²) in [5, 5.41) is 1.95. The molecule has 6 heteroatoms. The topological polar surface area (TPSA) is 74.8 Å². The van der Waals surface area contributed by atoms with E-state index in [1.54, 1.807) is 24.3 Å². The van der Waals surface area contributed by atoms with Crippen LogP contribution in [-0.4, -0.2) is 24.4 Å². The van der Waals surface area contributed by atoms with Crippen LogP contribution in [0.15, 0.2) is 28.7 Å². The molecule has 0 unspecified atom stereocenters. The Labute approximate surface area is 127 Å². The maximum absolute atomic E-state index is 11.8. The highest BCUT2D eigenvalue weighted by molar-refractivity contribution is 9.10. The molecule has 110 valence electrons. The van der Waals surface area contributed by atoms with E-state index in [2.05, 4.69) is 47.6 Å². The molecule has 0 saturated carbocycles. The maximum Gasteiger partial charge on any atom is 0.293 e. The van der Waals surface area contributed by atoms with E-state index in [1.807, 2.05) is 5.32 Å². The fourth-order valence-corrected chi connectivity index (χ4v) is 1.68. The van der Waals surface area contributed by atoms with Crippen LogP contribution < -0.4 is 16.2 Å². The Morgan fingerprint density at radius 2 is 1.75 bits per heavy atom. The minimum Gasteiger partial charge on any atom is -0.336 e. The Hall–Kier alpha value is -1.40. The molecular formula is C14H21BrN3O2+. The van der Waals surface area contributed by atoms with Crippen LogP contribution in [0.1, 0.15) is 31.1 Å². The molecule has 0 bridgehead atoms. The van der Waals surface area contributed by atoms with Crippen LogP contribution in [0.25, 0.3) is 0 Å². The van der Waals surface area contributed by atoms with Crippen LogP contribution in [0.4, 0.5) is 0 Å². The Kier molecular flexibility index (Phi) is 6.67. The molecule has 0 saturated heterocycles. The van der Waals surface area contributed by atoms with Crippen molar-refractivity contribution in [2.75, 3.05) is 6.54 Å². The lowest BCUT2D eigenvalue weighted by atomic mass is 10.1. The van der Waals surface area contributed by atoms with Gasteiger partial charge < -0.3 is 5.32 Å². The number of halogens is 1. The lowest BCUT2D eigenvalue weighted by molar-refractivity contribution is -0.681. The van der Waals surface area contributed by atoms with E-state index in [0.717, 1.165) is 4.47 Å². The van der Waals surface area contributed by atoms with E-state index in [4.69, 9.17) is 0 Å². The summed E-state index contributed by atoms with van der Waals surface area (Å²) in [4.78, 5) is 23.4. The second-order valence-electron chi connectivity index (χ2n) is 5.05. The van der Waals surface area contributed by atoms with Gasteiger partial charge >= 0.3 is 0 Å². The fourth-order valence-electron chi connectivity index (χ4n) is 1.42. The third-order valence-electron chi connectivity index (χ3n) is 3.15. The Morgan fingerprint density at radius 1 is 1.15 bits per heavy atom. The quantitative estimate of drug-likeness (QED) is 0.693. The van der Waals surface area contributed by atoms with Gasteiger partial charge in [0.25, 0.3) is 11.8 Å². The van der Waals surface area contributed by atoms with Gasteiger partial charge in [-0.2, -0.15) is 0 Å². The summed E-state index contributed by atoms with van der Waals surface area (Å²) in [5.74, 6) is -0.0501. The molecule has 1 aromatic carbocycles. The average molecular weight is 343 g/mol. The van der Waals surface area contributed by atoms with Gasteiger partial charge in [-0.05, 0) is 31.2 Å². The van der Waals surface area contributed by atoms with Crippen LogP contribution in [0.5, 0.6) is 0 Å². The van der Waals surface area contributed by atoms with Gasteiger partial charge in [0.1, 0.15) is 0 Å². The van der Waals surface area contributed by atoms with Crippen molar-refractivity contribution in [2.24, 2.45) is 5.92 Å². The van der Waals surface area contributed by atoms with E-state index < -0.39 is 0 Å². The molecule has 5 nitrogen and oxygen atoms in total. The van der Waals surface area contributed by atoms with Crippen molar-refractivity contribution < 1.29 is 14.9 Å². The molecule has 4 N–H and O–H groups in total. The van der Waals surface area contributed by atoms with Crippen molar-refractivity contribution in [1.82, 2.24) is 10.9 Å². The molecule has 0 fully saturated rings. The molecule has 0 aliphatic carbocycles. The number of rotatable bonds is 5. The summed E-state index contributed by atoms with van der Waals surface area (Å²) in [6.45, 7) is 6.57. The van der Waals surface area contributed by atoms with Crippen molar-refractivity contribution in [2.45, 2.75) is 26.8 Å². The van der Waals surface area contributed by atoms with Gasteiger partial charge in [-0.1, -0.05) is 29.8 Å². The number of nitrogens with two attached hydrogens (primary N) is 1. The summed E-state index contributed by atoms with van der Waals surface area (Å²) in [6, 6.07) is 7.27. The zero-order valence-electron chi connectivity index (χ0n) is 11.9. The van der Waals surface area contributed by atoms with Crippen molar-refractivity contribution in [1.29, 1.82) is 0 Å². The molecule has 2 amide bonds. The van der Waals surface area contributed by atoms with E-state index >= 15 is 0 Å².